The summed E-state index contributed by atoms with van der Waals surface area (Å²) in [6.07, 6.45) is 0. The second-order valence-corrected chi connectivity index (χ2v) is 17.0. The maximum Gasteiger partial charge on any atom is 0.0548 e. The summed E-state index contributed by atoms with van der Waals surface area (Å²) in [7, 11) is 0. The quantitative estimate of drug-likeness (QED) is 0.169. The Morgan fingerprint density at radius 1 is 0.283 bits per heavy atom. The number of para-hydroxylation sites is 4. The standard InChI is InChI=1S/C57H39N3/c1-57(2)49-22-12-9-19-41(49)42-28-27-40(33-50(42)57)60-52-24-14-10-20-43(52)45-31-36(25-29-53(45)60)37-26-30-54-46(32-37)48-35-55-47(34-56(48)59(54)39-17-7-4-8-18-39)44-21-11-13-23-51(44)58(55)38-15-5-3-6-16-38/h3-35H,1-2H3. The van der Waals surface area contributed by atoms with Gasteiger partial charge in [0.05, 0.1) is 33.1 Å². The van der Waals surface area contributed by atoms with Gasteiger partial charge >= 0.3 is 0 Å². The van der Waals surface area contributed by atoms with E-state index in [9.17, 15) is 0 Å². The van der Waals surface area contributed by atoms with Gasteiger partial charge in [-0.2, -0.15) is 0 Å². The molecule has 0 atom stereocenters. The molecule has 9 aromatic carbocycles. The second-order valence-electron chi connectivity index (χ2n) is 17.0. The number of aromatic nitrogens is 3. The Bertz CT molecular complexity index is 3730. The van der Waals surface area contributed by atoms with Gasteiger partial charge in [-0.25, -0.2) is 0 Å². The molecule has 3 nitrogen and oxygen atoms in total. The topological polar surface area (TPSA) is 14.8 Å². The van der Waals surface area contributed by atoms with E-state index in [1.165, 1.54) is 104 Å². The van der Waals surface area contributed by atoms with E-state index >= 15 is 0 Å². The monoisotopic (exact) mass is 765 g/mol. The molecule has 0 bridgehead atoms. The first-order valence-electron chi connectivity index (χ1n) is 20.9. The summed E-state index contributed by atoms with van der Waals surface area (Å²) in [4.78, 5) is 0. The minimum absolute atomic E-state index is 0.0694. The van der Waals surface area contributed by atoms with Crippen molar-refractivity contribution in [2.24, 2.45) is 0 Å². The van der Waals surface area contributed by atoms with Crippen LogP contribution in [0.25, 0.3) is 105 Å². The first kappa shape index (κ1) is 33.4. The number of hydrogen-bond donors (Lipinski definition) is 0. The van der Waals surface area contributed by atoms with E-state index in [0.29, 0.717) is 0 Å². The van der Waals surface area contributed by atoms with Crippen LogP contribution in [-0.2, 0) is 5.41 Å². The predicted molar refractivity (Wildman–Crippen MR) is 252 cm³/mol. The van der Waals surface area contributed by atoms with Crippen molar-refractivity contribution in [2.75, 3.05) is 0 Å². The highest BCUT2D eigenvalue weighted by Gasteiger charge is 2.35. The summed E-state index contributed by atoms with van der Waals surface area (Å²) in [6.45, 7) is 4.72. The highest BCUT2D eigenvalue weighted by atomic mass is 15.0. The van der Waals surface area contributed by atoms with Crippen LogP contribution in [0.3, 0.4) is 0 Å². The van der Waals surface area contributed by atoms with E-state index in [-0.39, 0.29) is 5.41 Å². The van der Waals surface area contributed by atoms with E-state index in [0.717, 1.165) is 11.4 Å². The van der Waals surface area contributed by atoms with Gasteiger partial charge in [-0.1, -0.05) is 129 Å². The Morgan fingerprint density at radius 3 is 1.32 bits per heavy atom. The van der Waals surface area contributed by atoms with E-state index in [4.69, 9.17) is 0 Å². The van der Waals surface area contributed by atoms with Crippen LogP contribution < -0.4 is 0 Å². The maximum atomic E-state index is 2.46. The third-order valence-corrected chi connectivity index (χ3v) is 13.4. The highest BCUT2D eigenvalue weighted by molar-refractivity contribution is 6.19. The van der Waals surface area contributed by atoms with Crippen LogP contribution in [-0.4, -0.2) is 13.7 Å². The average Bonchev–Trinajstić information content (AvgIpc) is 3.99. The summed E-state index contributed by atoms with van der Waals surface area (Å²) < 4.78 is 7.32. The molecular formula is C57H39N3. The lowest BCUT2D eigenvalue weighted by Gasteiger charge is -2.22. The number of fused-ring (bicyclic) bond motifs is 12. The van der Waals surface area contributed by atoms with Gasteiger partial charge in [-0.15, -0.1) is 0 Å². The minimum Gasteiger partial charge on any atom is -0.309 e. The summed E-state index contributed by atoms with van der Waals surface area (Å²) in [5, 5.41) is 7.50. The largest absolute Gasteiger partial charge is 0.309 e. The van der Waals surface area contributed by atoms with Crippen LogP contribution >= 0.6 is 0 Å². The molecule has 3 heterocycles. The minimum atomic E-state index is -0.0694. The molecule has 1 aliphatic rings. The molecule has 0 fully saturated rings. The van der Waals surface area contributed by atoms with Gasteiger partial charge < -0.3 is 13.7 Å². The van der Waals surface area contributed by atoms with Crippen molar-refractivity contribution in [2.45, 2.75) is 19.3 Å². The number of hydrogen-bond acceptors (Lipinski definition) is 0. The number of nitrogens with zero attached hydrogens (tertiary/aromatic N) is 3. The fraction of sp³-hybridized carbons (Fsp3) is 0.0526. The maximum absolute atomic E-state index is 2.46. The Kier molecular flexibility index (Phi) is 6.78. The van der Waals surface area contributed by atoms with Gasteiger partial charge in [0.1, 0.15) is 0 Å². The van der Waals surface area contributed by atoms with Gasteiger partial charge in [0.2, 0.25) is 0 Å². The first-order chi connectivity index (χ1) is 29.5. The SMILES string of the molecule is CC1(C)c2ccccc2-c2ccc(-n3c4ccccc4c4cc(-c5ccc6c(c5)c5cc7c(cc5n6-c5ccccc5)c5ccccc5n7-c5ccccc5)ccc43)cc21. The Labute approximate surface area is 347 Å². The van der Waals surface area contributed by atoms with E-state index < -0.39 is 0 Å². The number of rotatable bonds is 4. The zero-order chi connectivity index (χ0) is 39.7. The van der Waals surface area contributed by atoms with Crippen molar-refractivity contribution in [1.29, 1.82) is 0 Å². The second kappa shape index (κ2) is 12.2. The molecule has 0 radical (unpaired) electrons. The summed E-state index contributed by atoms with van der Waals surface area (Å²) in [5.74, 6) is 0. The van der Waals surface area contributed by atoms with Crippen LogP contribution in [0.2, 0.25) is 0 Å². The van der Waals surface area contributed by atoms with E-state index in [1.54, 1.807) is 0 Å². The molecule has 0 spiro atoms. The van der Waals surface area contributed by atoms with Crippen molar-refractivity contribution in [3.8, 4) is 39.3 Å². The zero-order valence-corrected chi connectivity index (χ0v) is 33.4. The van der Waals surface area contributed by atoms with Crippen molar-refractivity contribution in [1.82, 2.24) is 13.7 Å². The van der Waals surface area contributed by atoms with Crippen LogP contribution in [0.4, 0.5) is 0 Å². The number of benzene rings is 9. The van der Waals surface area contributed by atoms with Gasteiger partial charge in [-0.3, -0.25) is 0 Å². The van der Waals surface area contributed by atoms with E-state index in [1.807, 2.05) is 0 Å². The smallest absolute Gasteiger partial charge is 0.0548 e. The van der Waals surface area contributed by atoms with Crippen LogP contribution in [0.1, 0.15) is 25.0 Å². The van der Waals surface area contributed by atoms with Crippen molar-refractivity contribution < 1.29 is 0 Å². The molecule has 0 aliphatic heterocycles. The predicted octanol–water partition coefficient (Wildman–Crippen LogP) is 15.0. The Hall–Kier alpha value is -7.62. The van der Waals surface area contributed by atoms with Crippen molar-refractivity contribution >= 4 is 65.4 Å². The molecule has 60 heavy (non-hydrogen) atoms. The van der Waals surface area contributed by atoms with Gasteiger partial charge in [0.25, 0.3) is 0 Å². The van der Waals surface area contributed by atoms with E-state index in [2.05, 4.69) is 228 Å². The van der Waals surface area contributed by atoms with Gasteiger partial charge in [0.15, 0.2) is 0 Å². The average molecular weight is 766 g/mol. The van der Waals surface area contributed by atoms with Crippen LogP contribution in [0, 0.1) is 0 Å². The Morgan fingerprint density at radius 2 is 0.717 bits per heavy atom. The zero-order valence-electron chi connectivity index (χ0n) is 33.4. The molecule has 282 valence electrons. The normalized spacial score (nSPS) is 13.3. The fourth-order valence-electron chi connectivity index (χ4n) is 10.6. The van der Waals surface area contributed by atoms with Crippen molar-refractivity contribution in [3.63, 3.8) is 0 Å². The first-order valence-corrected chi connectivity index (χ1v) is 20.9. The van der Waals surface area contributed by atoms with Gasteiger partial charge in [-0.05, 0) is 118 Å². The summed E-state index contributed by atoms with van der Waals surface area (Å²) >= 11 is 0. The van der Waals surface area contributed by atoms with Crippen molar-refractivity contribution in [3.05, 3.63) is 211 Å². The molecule has 3 heteroatoms. The molecular weight excluding hydrogens is 727 g/mol. The lowest BCUT2D eigenvalue weighted by atomic mass is 9.82. The van der Waals surface area contributed by atoms with Gasteiger partial charge in [0, 0.05) is 54.8 Å². The lowest BCUT2D eigenvalue weighted by molar-refractivity contribution is 0.660. The molecule has 0 saturated carbocycles. The third-order valence-electron chi connectivity index (χ3n) is 13.4. The third kappa shape index (κ3) is 4.55. The summed E-state index contributed by atoms with van der Waals surface area (Å²) in [5.41, 5.74) is 18.6. The Balaban J connectivity index is 1.03. The molecule has 13 rings (SSSR count). The molecule has 0 unspecified atom stereocenters. The molecule has 0 N–H and O–H groups in total. The summed E-state index contributed by atoms with van der Waals surface area (Å²) in [6, 6.07) is 74.1. The molecule has 0 saturated heterocycles. The molecule has 1 aliphatic carbocycles. The lowest BCUT2D eigenvalue weighted by Crippen LogP contribution is -2.15. The molecule has 0 amide bonds. The van der Waals surface area contributed by atoms with Crippen LogP contribution in [0.15, 0.2) is 200 Å². The molecule has 12 aromatic rings. The van der Waals surface area contributed by atoms with Crippen LogP contribution in [0.5, 0.6) is 0 Å². The molecule has 3 aromatic heterocycles. The fourth-order valence-corrected chi connectivity index (χ4v) is 10.6. The highest BCUT2D eigenvalue weighted by Crippen LogP contribution is 2.50.